The highest BCUT2D eigenvalue weighted by Crippen LogP contribution is 2.06. The third kappa shape index (κ3) is 2.91. The molecular formula is C6H8N2O3S. The first-order valence-corrected chi connectivity index (χ1v) is 4.36. The molecule has 0 bridgehead atoms. The number of nitrogens with zero attached hydrogens (tertiary/aromatic N) is 1. The summed E-state index contributed by atoms with van der Waals surface area (Å²) in [5.41, 5.74) is 0. The van der Waals surface area contributed by atoms with Gasteiger partial charge in [0.15, 0.2) is 5.17 Å². The third-order valence-corrected chi connectivity index (χ3v) is 2.08. The predicted octanol–water partition coefficient (Wildman–Crippen LogP) is -0.320. The molecule has 0 aliphatic carbocycles. The van der Waals surface area contributed by atoms with E-state index < -0.39 is 5.97 Å². The number of carbonyl (C=O) groups excluding carboxylic acids is 1. The van der Waals surface area contributed by atoms with Crippen molar-refractivity contribution in [3.63, 3.8) is 0 Å². The molecule has 66 valence electrons. The molecule has 0 fully saturated rings. The van der Waals surface area contributed by atoms with Crippen molar-refractivity contribution in [2.45, 2.75) is 6.42 Å². The number of thioether (sulfide) groups is 1. The van der Waals surface area contributed by atoms with Crippen LogP contribution < -0.4 is 5.32 Å². The van der Waals surface area contributed by atoms with E-state index >= 15 is 0 Å². The van der Waals surface area contributed by atoms with Crippen molar-refractivity contribution in [1.82, 2.24) is 5.32 Å². The first kappa shape index (κ1) is 9.05. The van der Waals surface area contributed by atoms with E-state index in [1.807, 2.05) is 0 Å². The van der Waals surface area contributed by atoms with Gasteiger partial charge < -0.3 is 10.4 Å². The number of carboxylic acid groups (broad SMARTS) is 1. The molecule has 1 aliphatic rings. The highest BCUT2D eigenvalue weighted by Gasteiger charge is 2.13. The number of carbonyl (C=O) groups is 2. The second-order valence-corrected chi connectivity index (χ2v) is 3.25. The summed E-state index contributed by atoms with van der Waals surface area (Å²) in [6.45, 7) is 0.162. The van der Waals surface area contributed by atoms with Gasteiger partial charge in [-0.3, -0.25) is 14.6 Å². The average molecular weight is 188 g/mol. The monoisotopic (exact) mass is 188 g/mol. The largest absolute Gasteiger partial charge is 0.481 e. The van der Waals surface area contributed by atoms with Gasteiger partial charge in [-0.15, -0.1) is 0 Å². The highest BCUT2D eigenvalue weighted by molar-refractivity contribution is 8.13. The summed E-state index contributed by atoms with van der Waals surface area (Å²) in [6, 6.07) is 0. The van der Waals surface area contributed by atoms with Crippen LogP contribution in [0.5, 0.6) is 0 Å². The number of rotatable bonds is 3. The first-order valence-electron chi connectivity index (χ1n) is 3.37. The Morgan fingerprint density at radius 2 is 2.50 bits per heavy atom. The second-order valence-electron chi connectivity index (χ2n) is 2.16. The Balaban J connectivity index is 2.16. The normalized spacial score (nSPS) is 15.7. The minimum atomic E-state index is -0.840. The molecule has 0 spiro atoms. The maximum atomic E-state index is 10.6. The van der Waals surface area contributed by atoms with Crippen molar-refractivity contribution in [1.29, 1.82) is 0 Å². The lowest BCUT2D eigenvalue weighted by Crippen LogP contribution is -2.22. The van der Waals surface area contributed by atoms with Crippen LogP contribution >= 0.6 is 11.8 Å². The Bertz CT molecular complexity index is 239. The lowest BCUT2D eigenvalue weighted by Gasteiger charge is -1.97. The third-order valence-electron chi connectivity index (χ3n) is 1.17. The predicted molar refractivity (Wildman–Crippen MR) is 45.2 cm³/mol. The quantitative estimate of drug-likeness (QED) is 0.636. The van der Waals surface area contributed by atoms with Crippen LogP contribution in [-0.4, -0.2) is 34.4 Å². The first-order chi connectivity index (χ1) is 5.68. The fraction of sp³-hybridized carbons (Fsp3) is 0.500. The number of amidine groups is 1. The van der Waals surface area contributed by atoms with Crippen LogP contribution in [0.15, 0.2) is 4.99 Å². The molecule has 0 radical (unpaired) electrons. The molecule has 1 amide bonds. The lowest BCUT2D eigenvalue weighted by molar-refractivity contribution is -0.136. The van der Waals surface area contributed by atoms with E-state index in [-0.39, 0.29) is 18.9 Å². The molecule has 2 N–H and O–H groups in total. The Hall–Kier alpha value is -1.04. The van der Waals surface area contributed by atoms with E-state index in [1.54, 1.807) is 0 Å². The van der Waals surface area contributed by atoms with Gasteiger partial charge >= 0.3 is 5.97 Å². The molecule has 0 aromatic carbocycles. The summed E-state index contributed by atoms with van der Waals surface area (Å²) in [4.78, 5) is 24.5. The zero-order valence-corrected chi connectivity index (χ0v) is 7.06. The molecule has 5 nitrogen and oxygen atoms in total. The van der Waals surface area contributed by atoms with E-state index in [9.17, 15) is 9.59 Å². The molecule has 6 heteroatoms. The fourth-order valence-electron chi connectivity index (χ4n) is 0.659. The molecule has 0 saturated carbocycles. The molecule has 1 rings (SSSR count). The van der Waals surface area contributed by atoms with E-state index in [2.05, 4.69) is 10.3 Å². The maximum Gasteiger partial charge on any atom is 0.304 e. The summed E-state index contributed by atoms with van der Waals surface area (Å²) >= 11 is 1.25. The number of hydrogen-bond acceptors (Lipinski definition) is 4. The van der Waals surface area contributed by atoms with Crippen molar-refractivity contribution in [3.8, 4) is 0 Å². The number of aliphatic imine (C=N–C) groups is 1. The SMILES string of the molecule is O=C(O)CCSC1=NCC(=O)N1. The van der Waals surface area contributed by atoms with Crippen molar-refractivity contribution in [3.05, 3.63) is 0 Å². The highest BCUT2D eigenvalue weighted by atomic mass is 32.2. The average Bonchev–Trinajstić information content (AvgIpc) is 2.35. The van der Waals surface area contributed by atoms with Crippen LogP contribution in [0.4, 0.5) is 0 Å². The van der Waals surface area contributed by atoms with Gasteiger partial charge in [0.25, 0.3) is 0 Å². The van der Waals surface area contributed by atoms with Crippen LogP contribution in [0, 0.1) is 0 Å². The molecule has 0 aromatic heterocycles. The van der Waals surface area contributed by atoms with Crippen LogP contribution in [-0.2, 0) is 9.59 Å². The van der Waals surface area contributed by atoms with Crippen molar-refractivity contribution < 1.29 is 14.7 Å². The van der Waals surface area contributed by atoms with Crippen LogP contribution in [0.2, 0.25) is 0 Å². The Morgan fingerprint density at radius 3 is 3.00 bits per heavy atom. The number of amides is 1. The lowest BCUT2D eigenvalue weighted by atomic mass is 10.5. The van der Waals surface area contributed by atoms with Gasteiger partial charge in [-0.05, 0) is 0 Å². The molecule has 0 unspecified atom stereocenters. The summed E-state index contributed by atoms with van der Waals surface area (Å²) in [5.74, 6) is -0.533. The Morgan fingerprint density at radius 1 is 1.75 bits per heavy atom. The van der Waals surface area contributed by atoms with Gasteiger partial charge in [-0.1, -0.05) is 11.8 Å². The number of hydrogen-bond donors (Lipinski definition) is 2. The standard InChI is InChI=1S/C6H8N2O3S/c9-4-3-7-6(8-4)12-2-1-5(10)11/h1-3H2,(H,10,11)(H,7,8,9). The summed E-state index contributed by atoms with van der Waals surface area (Å²) in [7, 11) is 0. The van der Waals surface area contributed by atoms with E-state index in [0.29, 0.717) is 10.9 Å². The van der Waals surface area contributed by atoms with Crippen LogP contribution in [0.3, 0.4) is 0 Å². The summed E-state index contributed by atoms with van der Waals surface area (Å²) < 4.78 is 0. The van der Waals surface area contributed by atoms with Gasteiger partial charge in [-0.25, -0.2) is 0 Å². The number of carboxylic acids is 1. The van der Waals surface area contributed by atoms with Crippen LogP contribution in [0.25, 0.3) is 0 Å². The van der Waals surface area contributed by atoms with Crippen LogP contribution in [0.1, 0.15) is 6.42 Å². The molecule has 0 atom stereocenters. The molecule has 0 aromatic rings. The van der Waals surface area contributed by atoms with E-state index in [1.165, 1.54) is 11.8 Å². The maximum absolute atomic E-state index is 10.6. The Kier molecular flexibility index (Phi) is 3.09. The van der Waals surface area contributed by atoms with Gasteiger partial charge in [0.2, 0.25) is 5.91 Å². The summed E-state index contributed by atoms with van der Waals surface area (Å²) in [6.07, 6.45) is 0.0829. The molecule has 1 heterocycles. The molecular weight excluding hydrogens is 180 g/mol. The topological polar surface area (TPSA) is 78.8 Å². The molecule has 12 heavy (non-hydrogen) atoms. The minimum absolute atomic E-state index is 0.0829. The van der Waals surface area contributed by atoms with Gasteiger partial charge in [0.1, 0.15) is 6.54 Å². The fourth-order valence-corrected chi connectivity index (χ4v) is 1.47. The van der Waals surface area contributed by atoms with Gasteiger partial charge in [0, 0.05) is 5.75 Å². The van der Waals surface area contributed by atoms with Crippen molar-refractivity contribution in [2.75, 3.05) is 12.3 Å². The zero-order chi connectivity index (χ0) is 8.97. The van der Waals surface area contributed by atoms with Crippen molar-refractivity contribution in [2.24, 2.45) is 4.99 Å². The van der Waals surface area contributed by atoms with E-state index in [0.717, 1.165) is 0 Å². The second kappa shape index (κ2) is 4.10. The minimum Gasteiger partial charge on any atom is -0.481 e. The van der Waals surface area contributed by atoms with Crippen molar-refractivity contribution >= 4 is 28.8 Å². The smallest absolute Gasteiger partial charge is 0.304 e. The summed E-state index contributed by atoms with van der Waals surface area (Å²) in [5, 5.41) is 11.3. The number of nitrogens with one attached hydrogen (secondary N) is 1. The van der Waals surface area contributed by atoms with Gasteiger partial charge in [-0.2, -0.15) is 0 Å². The molecule has 0 saturated heterocycles. The Labute approximate surface area is 73.2 Å². The zero-order valence-electron chi connectivity index (χ0n) is 6.24. The van der Waals surface area contributed by atoms with E-state index in [4.69, 9.17) is 5.11 Å². The number of aliphatic carboxylic acids is 1. The van der Waals surface area contributed by atoms with Gasteiger partial charge in [0.05, 0.1) is 6.42 Å². The molecule has 1 aliphatic heterocycles.